The van der Waals surface area contributed by atoms with Crippen LogP contribution in [-0.4, -0.2) is 68.8 Å². The first-order valence-electron chi connectivity index (χ1n) is 12.8. The molecule has 12 heteroatoms. The van der Waals surface area contributed by atoms with E-state index in [2.05, 4.69) is 33.6 Å². The summed E-state index contributed by atoms with van der Waals surface area (Å²) < 4.78 is 0. The van der Waals surface area contributed by atoms with Gasteiger partial charge in [0.05, 0.1) is 6.04 Å². The fourth-order valence-corrected chi connectivity index (χ4v) is 4.37. The molecule has 8 N–H and O–H groups in total. The van der Waals surface area contributed by atoms with Gasteiger partial charge in [0, 0.05) is 35.7 Å². The fraction of sp³-hybridized carbons (Fsp3) is 0.357. The summed E-state index contributed by atoms with van der Waals surface area (Å²) in [5, 5.41) is 27.9. The molecule has 3 rings (SSSR count). The van der Waals surface area contributed by atoms with Crippen molar-refractivity contribution < 1.29 is 29.4 Å². The summed E-state index contributed by atoms with van der Waals surface area (Å²) in [6.45, 7) is 3.31. The number of aromatic hydroxyl groups is 1. The maximum atomic E-state index is 13.6. The van der Waals surface area contributed by atoms with Crippen LogP contribution >= 0.6 is 12.6 Å². The lowest BCUT2D eigenvalue weighted by Crippen LogP contribution is -2.58. The van der Waals surface area contributed by atoms with Gasteiger partial charge in [0.2, 0.25) is 17.7 Å². The van der Waals surface area contributed by atoms with Gasteiger partial charge in [0.1, 0.15) is 23.9 Å². The van der Waals surface area contributed by atoms with Crippen molar-refractivity contribution in [1.82, 2.24) is 20.9 Å². The Kier molecular flexibility index (Phi) is 10.6. The van der Waals surface area contributed by atoms with Crippen LogP contribution in [0.15, 0.2) is 54.7 Å². The van der Waals surface area contributed by atoms with E-state index >= 15 is 0 Å². The number of benzene rings is 2. The highest BCUT2D eigenvalue weighted by atomic mass is 32.1. The number of phenols is 1. The highest BCUT2D eigenvalue weighted by Gasteiger charge is 2.32. The molecular weight excluding hydrogens is 534 g/mol. The van der Waals surface area contributed by atoms with Gasteiger partial charge in [-0.25, -0.2) is 4.79 Å². The van der Waals surface area contributed by atoms with Crippen molar-refractivity contribution in [1.29, 1.82) is 0 Å². The standard InChI is InChI=1S/C28H35N5O6S/c1-15(2)24(28(38)39)33-27(37)22(11-16-7-9-18(34)10-8-16)32-26(36)23(31-25(35)20(29)14-40)12-17-13-30-21-6-4-3-5-19(17)21/h3-10,13,15,20,22-24,30,34,40H,11-12,14,29H2,1-2H3,(H,31,35)(H,32,36)(H,33,37)(H,38,39). The van der Waals surface area contributed by atoms with Crippen LogP contribution in [0.5, 0.6) is 5.75 Å². The molecule has 1 aromatic heterocycles. The maximum Gasteiger partial charge on any atom is 0.326 e. The second kappa shape index (κ2) is 13.9. The van der Waals surface area contributed by atoms with Crippen LogP contribution in [0.3, 0.4) is 0 Å². The molecule has 2 aromatic carbocycles. The summed E-state index contributed by atoms with van der Waals surface area (Å²) in [7, 11) is 0. The number of rotatable bonds is 13. The molecule has 0 fully saturated rings. The normalized spacial score (nSPS) is 14.2. The minimum absolute atomic E-state index is 0.00614. The number of phenolic OH excluding ortho intramolecular Hbond substituents is 1. The van der Waals surface area contributed by atoms with Crippen molar-refractivity contribution in [3.8, 4) is 5.75 Å². The van der Waals surface area contributed by atoms with E-state index in [4.69, 9.17) is 5.73 Å². The van der Waals surface area contributed by atoms with Crippen molar-refractivity contribution in [2.75, 3.05) is 5.75 Å². The van der Waals surface area contributed by atoms with E-state index in [-0.39, 0.29) is 24.3 Å². The first-order valence-corrected chi connectivity index (χ1v) is 13.5. The number of nitrogens with two attached hydrogens (primary N) is 1. The van der Waals surface area contributed by atoms with Crippen LogP contribution in [0.25, 0.3) is 10.9 Å². The second-order valence-electron chi connectivity index (χ2n) is 9.91. The molecule has 0 spiro atoms. The van der Waals surface area contributed by atoms with Crippen LogP contribution in [0, 0.1) is 5.92 Å². The van der Waals surface area contributed by atoms with E-state index in [1.165, 1.54) is 12.1 Å². The number of H-pyrrole nitrogens is 1. The lowest BCUT2D eigenvalue weighted by atomic mass is 10.00. The lowest BCUT2D eigenvalue weighted by Gasteiger charge is -2.26. The van der Waals surface area contributed by atoms with Crippen molar-refractivity contribution in [2.24, 2.45) is 11.7 Å². The number of carbonyl (C=O) groups is 4. The number of nitrogens with one attached hydrogen (secondary N) is 4. The highest BCUT2D eigenvalue weighted by molar-refractivity contribution is 7.80. The Morgan fingerprint density at radius 1 is 0.900 bits per heavy atom. The Morgan fingerprint density at radius 3 is 2.12 bits per heavy atom. The molecule has 0 bridgehead atoms. The Bertz CT molecular complexity index is 1340. The van der Waals surface area contributed by atoms with Crippen molar-refractivity contribution in [3.63, 3.8) is 0 Å². The topological polar surface area (TPSA) is 187 Å². The smallest absolute Gasteiger partial charge is 0.326 e. The monoisotopic (exact) mass is 569 g/mol. The molecule has 0 saturated carbocycles. The number of aromatic nitrogens is 1. The number of aliphatic carboxylic acids is 1. The molecule has 1 heterocycles. The second-order valence-corrected chi connectivity index (χ2v) is 10.3. The summed E-state index contributed by atoms with van der Waals surface area (Å²) in [5.41, 5.74) is 8.07. The number of carboxylic acids is 1. The van der Waals surface area contributed by atoms with E-state index in [9.17, 15) is 29.4 Å². The number of hydrogen-bond donors (Lipinski definition) is 8. The number of hydrogen-bond acceptors (Lipinski definition) is 7. The molecule has 0 radical (unpaired) electrons. The van der Waals surface area contributed by atoms with Gasteiger partial charge in [-0.1, -0.05) is 44.2 Å². The zero-order chi connectivity index (χ0) is 29.4. The maximum absolute atomic E-state index is 13.6. The number of amides is 3. The minimum Gasteiger partial charge on any atom is -0.508 e. The first-order chi connectivity index (χ1) is 19.0. The molecule has 3 amide bonds. The number of carboxylic acid groups (broad SMARTS) is 1. The van der Waals surface area contributed by atoms with Gasteiger partial charge in [-0.2, -0.15) is 12.6 Å². The summed E-state index contributed by atoms with van der Waals surface area (Å²) in [6, 6.07) is 9.15. The van der Waals surface area contributed by atoms with Crippen LogP contribution in [0.4, 0.5) is 0 Å². The van der Waals surface area contributed by atoms with Gasteiger partial charge >= 0.3 is 5.97 Å². The summed E-state index contributed by atoms with van der Waals surface area (Å²) >= 11 is 4.07. The minimum atomic E-state index is -1.21. The molecule has 4 unspecified atom stereocenters. The Labute approximate surface area is 237 Å². The molecule has 40 heavy (non-hydrogen) atoms. The number of para-hydroxylation sites is 1. The average molecular weight is 570 g/mol. The van der Waals surface area contributed by atoms with Crippen LogP contribution in [0.1, 0.15) is 25.0 Å². The number of thiol groups is 1. The summed E-state index contributed by atoms with van der Waals surface area (Å²) in [6.07, 6.45) is 1.85. The van der Waals surface area contributed by atoms with Gasteiger partial charge in [0.25, 0.3) is 0 Å². The number of fused-ring (bicyclic) bond motifs is 1. The average Bonchev–Trinajstić information content (AvgIpc) is 3.33. The number of aromatic amines is 1. The van der Waals surface area contributed by atoms with Crippen LogP contribution < -0.4 is 21.7 Å². The molecule has 0 saturated heterocycles. The van der Waals surface area contributed by atoms with Gasteiger partial charge in [0.15, 0.2) is 0 Å². The molecule has 214 valence electrons. The predicted molar refractivity (Wildman–Crippen MR) is 154 cm³/mol. The van der Waals surface area contributed by atoms with E-state index < -0.39 is 53.8 Å². The summed E-state index contributed by atoms with van der Waals surface area (Å²) in [4.78, 5) is 54.5. The fourth-order valence-electron chi connectivity index (χ4n) is 4.21. The van der Waals surface area contributed by atoms with E-state index in [1.54, 1.807) is 32.2 Å². The van der Waals surface area contributed by atoms with E-state index in [0.29, 0.717) is 5.56 Å². The van der Waals surface area contributed by atoms with Gasteiger partial charge in [-0.3, -0.25) is 14.4 Å². The SMILES string of the molecule is CC(C)C(NC(=O)C(Cc1ccc(O)cc1)NC(=O)C(Cc1c[nH]c2ccccc12)NC(=O)C(N)CS)C(=O)O. The molecule has 0 aliphatic rings. The van der Waals surface area contributed by atoms with E-state index in [1.807, 2.05) is 24.3 Å². The lowest BCUT2D eigenvalue weighted by molar-refractivity contribution is -0.143. The third-order valence-corrected chi connectivity index (χ3v) is 6.90. The largest absolute Gasteiger partial charge is 0.508 e. The zero-order valence-electron chi connectivity index (χ0n) is 22.3. The molecule has 4 atom stereocenters. The molecule has 0 aliphatic heterocycles. The van der Waals surface area contributed by atoms with Crippen molar-refractivity contribution in [2.45, 2.75) is 50.9 Å². The Balaban J connectivity index is 1.90. The van der Waals surface area contributed by atoms with Gasteiger partial charge in [-0.05, 0) is 35.2 Å². The quantitative estimate of drug-likeness (QED) is 0.142. The third-order valence-electron chi connectivity index (χ3n) is 6.51. The molecule has 11 nitrogen and oxygen atoms in total. The Morgan fingerprint density at radius 2 is 1.50 bits per heavy atom. The third kappa shape index (κ3) is 7.99. The molecule has 0 aliphatic carbocycles. The zero-order valence-corrected chi connectivity index (χ0v) is 23.2. The predicted octanol–water partition coefficient (Wildman–Crippen LogP) is 1.11. The number of carbonyl (C=O) groups excluding carboxylic acids is 3. The van der Waals surface area contributed by atoms with Gasteiger partial charge < -0.3 is 36.9 Å². The molecular formula is C28H35N5O6S. The highest BCUT2D eigenvalue weighted by Crippen LogP contribution is 2.19. The van der Waals surface area contributed by atoms with E-state index in [0.717, 1.165) is 16.5 Å². The van der Waals surface area contributed by atoms with Crippen LogP contribution in [0.2, 0.25) is 0 Å². The Hall–Kier alpha value is -4.03. The van der Waals surface area contributed by atoms with Gasteiger partial charge in [-0.15, -0.1) is 0 Å². The van der Waals surface area contributed by atoms with Crippen LogP contribution in [-0.2, 0) is 32.0 Å². The van der Waals surface area contributed by atoms with Crippen molar-refractivity contribution >= 4 is 47.2 Å². The first kappa shape index (κ1) is 30.5. The summed E-state index contributed by atoms with van der Waals surface area (Å²) in [5.74, 6) is -3.47. The molecule has 3 aromatic rings. The van der Waals surface area contributed by atoms with Crippen molar-refractivity contribution in [3.05, 3.63) is 65.9 Å².